The predicted octanol–water partition coefficient (Wildman–Crippen LogP) is 7.60. The summed E-state index contributed by atoms with van der Waals surface area (Å²) >= 11 is 0. The summed E-state index contributed by atoms with van der Waals surface area (Å²) in [5.41, 5.74) is 19.3. The molecule has 3 heterocycles. The summed E-state index contributed by atoms with van der Waals surface area (Å²) in [6, 6.07) is 19.0. The number of hydrogen-bond acceptors (Lipinski definition) is 2. The summed E-state index contributed by atoms with van der Waals surface area (Å²) in [5, 5.41) is 4.16. The Morgan fingerprint density at radius 2 is 1.75 bits per heavy atom. The maximum atomic E-state index is 4.16. The van der Waals surface area contributed by atoms with E-state index in [1.165, 1.54) is 87.1 Å². The first-order chi connectivity index (χ1) is 21.3. The van der Waals surface area contributed by atoms with E-state index in [2.05, 4.69) is 124 Å². The fourth-order valence-electron chi connectivity index (χ4n) is 10.7. The SMILES string of the molecule is CC1(C)C2=C(c3ccccc31)[C@H]1C=CC=C(c3cc4c(c5c3[B]c3cccc6c3N5C3(C)CCCCC63C)CCC=C4)C1N2. The van der Waals surface area contributed by atoms with Gasteiger partial charge in [0.2, 0.25) is 0 Å². The van der Waals surface area contributed by atoms with Crippen LogP contribution < -0.4 is 21.1 Å². The lowest BCUT2D eigenvalue weighted by Crippen LogP contribution is -2.58. The second-order valence-corrected chi connectivity index (χ2v) is 15.3. The van der Waals surface area contributed by atoms with Crippen molar-refractivity contribution in [3.63, 3.8) is 0 Å². The van der Waals surface area contributed by atoms with Crippen LogP contribution in [0.2, 0.25) is 0 Å². The first-order valence-electron chi connectivity index (χ1n) is 17.0. The molecule has 3 heteroatoms. The van der Waals surface area contributed by atoms with Gasteiger partial charge in [0.15, 0.2) is 7.28 Å². The van der Waals surface area contributed by atoms with Crippen molar-refractivity contribution >= 4 is 46.8 Å². The number of nitrogens with one attached hydrogen (secondary N) is 1. The monoisotopic (exact) mass is 571 g/mol. The van der Waals surface area contributed by atoms with Crippen molar-refractivity contribution < 1.29 is 0 Å². The highest BCUT2D eigenvalue weighted by Gasteiger charge is 2.60. The number of fused-ring (bicyclic) bond motifs is 11. The molecule has 3 unspecified atom stereocenters. The zero-order valence-corrected chi connectivity index (χ0v) is 26.4. The number of rotatable bonds is 1. The normalized spacial score (nSPS) is 30.7. The minimum Gasteiger partial charge on any atom is -0.380 e. The predicted molar refractivity (Wildman–Crippen MR) is 186 cm³/mol. The van der Waals surface area contributed by atoms with Crippen molar-refractivity contribution in [1.82, 2.24) is 5.32 Å². The van der Waals surface area contributed by atoms with E-state index in [-0.39, 0.29) is 22.4 Å². The molecular weight excluding hydrogens is 531 g/mol. The third-order valence-corrected chi connectivity index (χ3v) is 13.0. The van der Waals surface area contributed by atoms with Crippen LogP contribution in [-0.4, -0.2) is 18.9 Å². The number of benzene rings is 3. The number of allylic oxidation sites excluding steroid dienone is 4. The van der Waals surface area contributed by atoms with Crippen molar-refractivity contribution in [2.75, 3.05) is 4.90 Å². The molecule has 7 aliphatic rings. The highest BCUT2D eigenvalue weighted by Crippen LogP contribution is 2.62. The molecule has 0 saturated heterocycles. The molecule has 0 bridgehead atoms. The van der Waals surface area contributed by atoms with E-state index in [0.29, 0.717) is 5.92 Å². The van der Waals surface area contributed by atoms with Gasteiger partial charge < -0.3 is 10.2 Å². The van der Waals surface area contributed by atoms with Gasteiger partial charge in [-0.25, -0.2) is 0 Å². The molecule has 0 aromatic heterocycles. The van der Waals surface area contributed by atoms with Gasteiger partial charge in [-0.1, -0.05) is 117 Å². The second-order valence-electron chi connectivity index (χ2n) is 15.3. The quantitative estimate of drug-likeness (QED) is 0.303. The Hall–Kier alpha value is -3.72. The Labute approximate surface area is 262 Å². The Bertz CT molecular complexity index is 1950. The van der Waals surface area contributed by atoms with Crippen molar-refractivity contribution in [2.24, 2.45) is 5.92 Å². The number of hydrogen-bond donors (Lipinski definition) is 1. The third kappa shape index (κ3) is 2.87. The summed E-state index contributed by atoms with van der Waals surface area (Å²) in [4.78, 5) is 2.88. The zero-order valence-electron chi connectivity index (χ0n) is 26.4. The van der Waals surface area contributed by atoms with E-state index in [1.54, 1.807) is 11.1 Å². The van der Waals surface area contributed by atoms with Crippen molar-refractivity contribution in [3.05, 3.63) is 112 Å². The lowest BCUT2D eigenvalue weighted by atomic mass is 9.56. The van der Waals surface area contributed by atoms with Crippen LogP contribution in [0.3, 0.4) is 0 Å². The standard InChI is InChI=1S/C41H40BN2/c1-39(2)30-18-8-7-15-27(30)33-28-17-11-16-26(35(28)43-38(33)39)29-23-24-13-5-6-14-25(24)36-34(29)42-32-20-12-19-31-37(32)44(36)41(4)22-10-9-21-40(31,41)3/h5,7-8,11-13,15-20,23,28,35,43H,6,9-10,14,21-22H2,1-4H3/t28-,35?,40?,41?/m1/s1. The molecule has 4 aliphatic carbocycles. The van der Waals surface area contributed by atoms with Gasteiger partial charge in [0, 0.05) is 33.8 Å². The Kier molecular flexibility index (Phi) is 4.83. The van der Waals surface area contributed by atoms with Crippen LogP contribution in [0.1, 0.15) is 93.2 Å². The Morgan fingerprint density at radius 3 is 2.66 bits per heavy atom. The molecule has 2 nitrogen and oxygen atoms in total. The molecule has 1 N–H and O–H groups in total. The highest BCUT2D eigenvalue weighted by molar-refractivity contribution is 6.72. The van der Waals surface area contributed by atoms with Crippen LogP contribution in [-0.2, 0) is 17.3 Å². The van der Waals surface area contributed by atoms with Gasteiger partial charge in [-0.2, -0.15) is 0 Å². The molecule has 3 aromatic carbocycles. The summed E-state index contributed by atoms with van der Waals surface area (Å²) in [6.07, 6.45) is 19.4. The molecule has 1 fully saturated rings. The molecule has 0 amide bonds. The number of nitrogens with zero attached hydrogens (tertiary/aromatic N) is 1. The average Bonchev–Trinajstić information content (AvgIpc) is 3.61. The molecule has 3 aliphatic heterocycles. The molecule has 0 spiro atoms. The zero-order chi connectivity index (χ0) is 29.6. The lowest BCUT2D eigenvalue weighted by molar-refractivity contribution is 0.195. The van der Waals surface area contributed by atoms with Crippen LogP contribution >= 0.6 is 0 Å². The summed E-state index contributed by atoms with van der Waals surface area (Å²) < 4.78 is 0. The average molecular weight is 572 g/mol. The van der Waals surface area contributed by atoms with Crippen LogP contribution in [0.15, 0.2) is 78.5 Å². The maximum Gasteiger partial charge on any atom is 0.197 e. The number of anilines is 2. The van der Waals surface area contributed by atoms with E-state index in [0.717, 1.165) is 12.8 Å². The molecule has 1 saturated carbocycles. The van der Waals surface area contributed by atoms with E-state index in [4.69, 9.17) is 0 Å². The minimum atomic E-state index is -0.0166. The first-order valence-corrected chi connectivity index (χ1v) is 17.0. The second kappa shape index (κ2) is 8.30. The first kappa shape index (κ1) is 25.6. The van der Waals surface area contributed by atoms with Gasteiger partial charge in [0.25, 0.3) is 0 Å². The molecule has 10 rings (SSSR count). The smallest absolute Gasteiger partial charge is 0.197 e. The van der Waals surface area contributed by atoms with Crippen LogP contribution in [0.5, 0.6) is 0 Å². The maximum absolute atomic E-state index is 4.16. The van der Waals surface area contributed by atoms with Gasteiger partial charge in [0.05, 0.1) is 11.6 Å². The molecule has 217 valence electrons. The summed E-state index contributed by atoms with van der Waals surface area (Å²) in [6.45, 7) is 9.96. The molecule has 3 aromatic rings. The lowest BCUT2D eigenvalue weighted by Gasteiger charge is -2.52. The van der Waals surface area contributed by atoms with Gasteiger partial charge >= 0.3 is 0 Å². The molecular formula is C41H40BN2. The van der Waals surface area contributed by atoms with E-state index >= 15 is 0 Å². The van der Waals surface area contributed by atoms with Gasteiger partial charge in [-0.3, -0.25) is 0 Å². The molecule has 44 heavy (non-hydrogen) atoms. The largest absolute Gasteiger partial charge is 0.380 e. The van der Waals surface area contributed by atoms with Crippen LogP contribution in [0.25, 0.3) is 17.2 Å². The van der Waals surface area contributed by atoms with Gasteiger partial charge in [-0.15, -0.1) is 0 Å². The molecule has 1 radical (unpaired) electrons. The van der Waals surface area contributed by atoms with E-state index in [9.17, 15) is 0 Å². The molecule has 4 atom stereocenters. The van der Waals surface area contributed by atoms with Crippen molar-refractivity contribution in [3.8, 4) is 0 Å². The van der Waals surface area contributed by atoms with Gasteiger partial charge in [-0.05, 0) is 83.2 Å². The van der Waals surface area contributed by atoms with Crippen LogP contribution in [0.4, 0.5) is 11.4 Å². The van der Waals surface area contributed by atoms with E-state index < -0.39 is 0 Å². The number of para-hydroxylation sites is 1. The van der Waals surface area contributed by atoms with Crippen LogP contribution in [0, 0.1) is 5.92 Å². The van der Waals surface area contributed by atoms with E-state index in [1.807, 2.05) is 0 Å². The van der Waals surface area contributed by atoms with Gasteiger partial charge in [0.1, 0.15) is 0 Å². The summed E-state index contributed by atoms with van der Waals surface area (Å²) in [5.74, 6) is 0.337. The van der Waals surface area contributed by atoms with Crippen molar-refractivity contribution in [1.29, 1.82) is 0 Å². The topological polar surface area (TPSA) is 15.3 Å². The minimum absolute atomic E-state index is 0.0166. The van der Waals surface area contributed by atoms with Crippen molar-refractivity contribution in [2.45, 2.75) is 88.6 Å². The Morgan fingerprint density at radius 1 is 0.909 bits per heavy atom. The Balaban J connectivity index is 1.18. The summed E-state index contributed by atoms with van der Waals surface area (Å²) in [7, 11) is 2.56. The fourth-order valence-corrected chi connectivity index (χ4v) is 10.7. The fraction of sp³-hybridized carbons (Fsp3) is 0.366. The highest BCUT2D eigenvalue weighted by atomic mass is 15.3. The third-order valence-electron chi connectivity index (χ3n) is 13.0.